The van der Waals surface area contributed by atoms with Crippen LogP contribution in [-0.4, -0.2) is 51.6 Å². The van der Waals surface area contributed by atoms with Crippen LogP contribution in [0.5, 0.6) is 0 Å². The molecule has 0 spiro atoms. The van der Waals surface area contributed by atoms with Crippen LogP contribution in [0.15, 0.2) is 42.5 Å². The number of benzene rings is 2. The lowest BCUT2D eigenvalue weighted by Gasteiger charge is -2.29. The normalized spacial score (nSPS) is 15.9. The van der Waals surface area contributed by atoms with Crippen molar-refractivity contribution < 1.29 is 14.7 Å². The van der Waals surface area contributed by atoms with Crippen LogP contribution < -0.4 is 10.6 Å². The molecule has 0 unspecified atom stereocenters. The molecule has 220 valence electrons. The van der Waals surface area contributed by atoms with E-state index in [-0.39, 0.29) is 10.7 Å². The summed E-state index contributed by atoms with van der Waals surface area (Å²) in [5, 5.41) is 16.3. The molecule has 1 aliphatic carbocycles. The van der Waals surface area contributed by atoms with Gasteiger partial charge in [0.15, 0.2) is 0 Å². The molecule has 3 N–H and O–H groups in total. The van der Waals surface area contributed by atoms with Gasteiger partial charge in [0.2, 0.25) is 0 Å². The van der Waals surface area contributed by atoms with Crippen LogP contribution in [0.3, 0.4) is 0 Å². The van der Waals surface area contributed by atoms with Gasteiger partial charge in [0.05, 0.1) is 0 Å². The van der Waals surface area contributed by atoms with Gasteiger partial charge in [0, 0.05) is 28.6 Å². The molecule has 0 saturated heterocycles. The number of hydrogen-bond acceptors (Lipinski definition) is 5. The van der Waals surface area contributed by atoms with Crippen molar-refractivity contribution in [1.82, 2.24) is 10.6 Å². The van der Waals surface area contributed by atoms with Gasteiger partial charge >= 0.3 is 5.97 Å². The summed E-state index contributed by atoms with van der Waals surface area (Å²) in [7, 11) is 0. The molecule has 1 aliphatic rings. The second-order valence-corrected chi connectivity index (χ2v) is 14.9. The maximum absolute atomic E-state index is 13.4. The molecule has 40 heavy (non-hydrogen) atoms. The molecular weight excluding hydrogens is 537 g/mol. The lowest BCUT2D eigenvalue weighted by atomic mass is 9.85. The van der Waals surface area contributed by atoms with E-state index in [0.717, 1.165) is 40.5 Å². The van der Waals surface area contributed by atoms with Crippen LogP contribution in [0.25, 0.3) is 11.1 Å². The van der Waals surface area contributed by atoms with Crippen molar-refractivity contribution in [1.29, 1.82) is 0 Å². The lowest BCUT2D eigenvalue weighted by molar-refractivity contribution is -0.139. The first-order valence-electron chi connectivity index (χ1n) is 14.7. The Balaban J connectivity index is 1.83. The van der Waals surface area contributed by atoms with Crippen molar-refractivity contribution in [3.63, 3.8) is 0 Å². The molecule has 0 aliphatic heterocycles. The lowest BCUT2D eigenvalue weighted by Crippen LogP contribution is -2.41. The van der Waals surface area contributed by atoms with Gasteiger partial charge in [0.25, 0.3) is 5.91 Å². The molecule has 3 rings (SSSR count). The number of nitrogens with one attached hydrogen (secondary N) is 2. The molecule has 0 heterocycles. The molecule has 5 nitrogen and oxygen atoms in total. The molecule has 1 fully saturated rings. The topological polar surface area (TPSA) is 78.4 Å². The predicted molar refractivity (Wildman–Crippen MR) is 173 cm³/mol. The Hall–Kier alpha value is -1.96. The fraction of sp³-hybridized carbons (Fsp3) is 0.576. The van der Waals surface area contributed by atoms with Crippen molar-refractivity contribution in [2.75, 3.05) is 17.8 Å². The number of carbonyl (C=O) groups is 2. The number of carboxylic acid groups (broad SMARTS) is 1. The quantitative estimate of drug-likeness (QED) is 0.213. The largest absolute Gasteiger partial charge is 0.480 e. The predicted octanol–water partition coefficient (Wildman–Crippen LogP) is 7.56. The molecule has 1 saturated carbocycles. The number of carbonyl (C=O) groups excluding carboxylic acids is 1. The monoisotopic (exact) mass is 584 g/mol. The van der Waals surface area contributed by atoms with E-state index in [0.29, 0.717) is 23.8 Å². The highest BCUT2D eigenvalue weighted by Crippen LogP contribution is 2.32. The van der Waals surface area contributed by atoms with Gasteiger partial charge in [-0.05, 0) is 72.1 Å². The highest BCUT2D eigenvalue weighted by Gasteiger charge is 2.24. The average molecular weight is 585 g/mol. The van der Waals surface area contributed by atoms with Crippen LogP contribution in [0.2, 0.25) is 0 Å². The first kappa shape index (κ1) is 32.6. The smallest absolute Gasteiger partial charge is 0.326 e. The third-order valence-electron chi connectivity index (χ3n) is 7.63. The maximum atomic E-state index is 13.4. The van der Waals surface area contributed by atoms with E-state index < -0.39 is 12.0 Å². The SMILES string of the molecule is CSCC[C@H](NC(=O)c1ccc(CN[C@H](CSC(C)(C)C)CC2CCCCC2)cc1-c1ccccc1C)C(=O)O. The molecule has 0 radical (unpaired) electrons. The van der Waals surface area contributed by atoms with Crippen LogP contribution in [0.1, 0.15) is 87.2 Å². The van der Waals surface area contributed by atoms with Crippen LogP contribution in [0, 0.1) is 12.8 Å². The number of hydrogen-bond donors (Lipinski definition) is 3. The van der Waals surface area contributed by atoms with Crippen molar-refractivity contribution in [2.45, 2.75) is 96.0 Å². The van der Waals surface area contributed by atoms with Crippen LogP contribution >= 0.6 is 23.5 Å². The fourth-order valence-electron chi connectivity index (χ4n) is 5.37. The van der Waals surface area contributed by atoms with Crippen LogP contribution in [0.4, 0.5) is 0 Å². The minimum atomic E-state index is -1.00. The first-order valence-corrected chi connectivity index (χ1v) is 17.0. The third-order valence-corrected chi connectivity index (χ3v) is 9.71. The van der Waals surface area contributed by atoms with E-state index in [9.17, 15) is 14.7 Å². The minimum absolute atomic E-state index is 0.225. The summed E-state index contributed by atoms with van der Waals surface area (Å²) in [5.74, 6) is 1.20. The molecule has 2 aromatic rings. The summed E-state index contributed by atoms with van der Waals surface area (Å²) >= 11 is 3.60. The minimum Gasteiger partial charge on any atom is -0.480 e. The van der Waals surface area contributed by atoms with Gasteiger partial charge in [0.1, 0.15) is 6.04 Å². The zero-order chi connectivity index (χ0) is 29.1. The number of aryl methyl sites for hydroxylation is 1. The van der Waals surface area contributed by atoms with E-state index in [1.807, 2.05) is 61.3 Å². The number of amides is 1. The number of aliphatic carboxylic acids is 1. The van der Waals surface area contributed by atoms with Gasteiger partial charge in [-0.3, -0.25) is 4.79 Å². The zero-order valence-electron chi connectivity index (χ0n) is 24.9. The Morgan fingerprint density at radius 1 is 1.05 bits per heavy atom. The maximum Gasteiger partial charge on any atom is 0.326 e. The molecular formula is C33H48N2O3S2. The van der Waals surface area contributed by atoms with Crippen molar-refractivity contribution in [3.8, 4) is 11.1 Å². The van der Waals surface area contributed by atoms with Gasteiger partial charge in [-0.1, -0.05) is 83.2 Å². The van der Waals surface area contributed by atoms with Gasteiger partial charge < -0.3 is 15.7 Å². The highest BCUT2D eigenvalue weighted by molar-refractivity contribution is 8.00. The standard InChI is InChI=1S/C33H48N2O3S2/c1-23-11-9-10-14-27(23)29-20-25(15-16-28(29)31(36)35-30(32(37)38)17-18-39-5)21-34-26(22-40-33(2,3)4)19-24-12-7-6-8-13-24/h9-11,14-16,20,24,26,30,34H,6-8,12-13,17-19,21-22H2,1-5H3,(H,35,36)(H,37,38)/t26-,30-/m0/s1. The Morgan fingerprint density at radius 3 is 2.42 bits per heavy atom. The number of carboxylic acids is 1. The van der Waals surface area contributed by atoms with Crippen molar-refractivity contribution in [2.24, 2.45) is 5.92 Å². The van der Waals surface area contributed by atoms with E-state index in [4.69, 9.17) is 0 Å². The Kier molecular flexibility index (Phi) is 12.9. The highest BCUT2D eigenvalue weighted by atomic mass is 32.2. The second-order valence-electron chi connectivity index (χ2n) is 12.1. The Labute approximate surface area is 250 Å². The summed E-state index contributed by atoms with van der Waals surface area (Å²) in [5.41, 5.74) is 4.55. The van der Waals surface area contributed by atoms with Gasteiger partial charge in [-0.25, -0.2) is 4.79 Å². The Morgan fingerprint density at radius 2 is 1.77 bits per heavy atom. The Bertz CT molecular complexity index is 1110. The summed E-state index contributed by atoms with van der Waals surface area (Å²) in [6.45, 7) is 9.62. The number of rotatable bonds is 14. The van der Waals surface area contributed by atoms with E-state index >= 15 is 0 Å². The van der Waals surface area contributed by atoms with Crippen molar-refractivity contribution in [3.05, 3.63) is 59.2 Å². The molecule has 0 aromatic heterocycles. The van der Waals surface area contributed by atoms with Crippen LogP contribution in [-0.2, 0) is 11.3 Å². The summed E-state index contributed by atoms with van der Waals surface area (Å²) in [4.78, 5) is 25.2. The molecule has 2 aromatic carbocycles. The van der Waals surface area contributed by atoms with Crippen molar-refractivity contribution >= 4 is 35.4 Å². The molecule has 1 amide bonds. The summed E-state index contributed by atoms with van der Waals surface area (Å²) < 4.78 is 0.225. The molecule has 7 heteroatoms. The first-order chi connectivity index (χ1) is 19.1. The third kappa shape index (κ3) is 10.5. The van der Waals surface area contributed by atoms with E-state index in [1.54, 1.807) is 11.8 Å². The number of thioether (sulfide) groups is 2. The fourth-order valence-corrected chi connectivity index (χ4v) is 6.80. The average Bonchev–Trinajstić information content (AvgIpc) is 2.92. The van der Waals surface area contributed by atoms with E-state index in [1.165, 1.54) is 38.5 Å². The molecule has 0 bridgehead atoms. The summed E-state index contributed by atoms with van der Waals surface area (Å²) in [6, 6.07) is 13.6. The summed E-state index contributed by atoms with van der Waals surface area (Å²) in [6.07, 6.45) is 10.3. The van der Waals surface area contributed by atoms with Gasteiger partial charge in [-0.15, -0.1) is 0 Å². The second kappa shape index (κ2) is 15.9. The zero-order valence-corrected chi connectivity index (χ0v) is 26.6. The van der Waals surface area contributed by atoms with E-state index in [2.05, 4.69) is 37.5 Å². The van der Waals surface area contributed by atoms with Gasteiger partial charge in [-0.2, -0.15) is 23.5 Å². The molecule has 2 atom stereocenters.